The Bertz CT molecular complexity index is 888. The smallest absolute Gasteiger partial charge is 0.326 e. The minimum Gasteiger partial charge on any atom is -0.493 e. The highest BCUT2D eigenvalue weighted by atomic mass is 16.5. The van der Waals surface area contributed by atoms with Crippen molar-refractivity contribution in [1.29, 1.82) is 0 Å². The quantitative estimate of drug-likeness (QED) is 0.487. The lowest BCUT2D eigenvalue weighted by molar-refractivity contribution is 0.0862. The van der Waals surface area contributed by atoms with Crippen LogP contribution in [0.1, 0.15) is 30.6 Å². The predicted octanol–water partition coefficient (Wildman–Crippen LogP) is 3.20. The molecule has 9 heteroatoms. The summed E-state index contributed by atoms with van der Waals surface area (Å²) in [6.07, 6.45) is 0.494. The third kappa shape index (κ3) is 5.77. The van der Waals surface area contributed by atoms with Crippen LogP contribution in [0.5, 0.6) is 17.2 Å². The number of hydrogen-bond donors (Lipinski definition) is 4. The molecule has 1 unspecified atom stereocenters. The van der Waals surface area contributed by atoms with Crippen molar-refractivity contribution in [2.24, 2.45) is 0 Å². The molecule has 0 aliphatic carbocycles. The van der Waals surface area contributed by atoms with Gasteiger partial charge in [0.15, 0.2) is 11.5 Å². The van der Waals surface area contributed by atoms with Crippen LogP contribution >= 0.6 is 0 Å². The molecule has 2 rings (SSSR count). The number of carbonyl (C=O) groups is 2. The van der Waals surface area contributed by atoms with Gasteiger partial charge in [0.2, 0.25) is 5.75 Å². The van der Waals surface area contributed by atoms with E-state index in [0.29, 0.717) is 35.0 Å². The van der Waals surface area contributed by atoms with Crippen molar-refractivity contribution in [3.8, 4) is 17.2 Å². The average molecular weight is 417 g/mol. The van der Waals surface area contributed by atoms with E-state index in [1.165, 1.54) is 33.5 Å². The van der Waals surface area contributed by atoms with Crippen LogP contribution in [0.4, 0.5) is 16.2 Å². The minimum atomic E-state index is -1.08. The van der Waals surface area contributed by atoms with Gasteiger partial charge in [-0.25, -0.2) is 4.79 Å². The van der Waals surface area contributed by atoms with Gasteiger partial charge in [0.25, 0.3) is 5.91 Å². The number of hydrogen-bond acceptors (Lipinski definition) is 7. The van der Waals surface area contributed by atoms with Crippen molar-refractivity contribution >= 4 is 23.3 Å². The number of methoxy groups -OCH3 is 3. The summed E-state index contributed by atoms with van der Waals surface area (Å²) in [6.45, 7) is 3.49. The summed E-state index contributed by atoms with van der Waals surface area (Å²) < 4.78 is 15.7. The molecule has 9 nitrogen and oxygen atoms in total. The third-order valence-corrected chi connectivity index (χ3v) is 4.38. The number of benzene rings is 2. The van der Waals surface area contributed by atoms with E-state index in [9.17, 15) is 14.7 Å². The largest absolute Gasteiger partial charge is 0.493 e. The Morgan fingerprint density at radius 3 is 2.13 bits per heavy atom. The van der Waals surface area contributed by atoms with Gasteiger partial charge >= 0.3 is 6.03 Å². The molecule has 0 heterocycles. The van der Waals surface area contributed by atoms with Crippen molar-refractivity contribution < 1.29 is 28.9 Å². The molecule has 0 fully saturated rings. The van der Waals surface area contributed by atoms with E-state index < -0.39 is 17.7 Å². The molecular formula is C21H27N3O6. The van der Waals surface area contributed by atoms with Crippen molar-refractivity contribution in [3.05, 3.63) is 42.0 Å². The van der Waals surface area contributed by atoms with Gasteiger partial charge in [-0.2, -0.15) is 0 Å². The van der Waals surface area contributed by atoms with Gasteiger partial charge in [-0.05, 0) is 43.7 Å². The average Bonchev–Trinajstić information content (AvgIpc) is 2.72. The van der Waals surface area contributed by atoms with Crippen molar-refractivity contribution in [1.82, 2.24) is 5.32 Å². The van der Waals surface area contributed by atoms with Gasteiger partial charge < -0.3 is 30.0 Å². The molecule has 4 N–H and O–H groups in total. The Labute approximate surface area is 175 Å². The second kappa shape index (κ2) is 9.84. The molecule has 0 saturated carbocycles. The maximum atomic E-state index is 12.5. The number of urea groups is 1. The minimum absolute atomic E-state index is 0.161. The fourth-order valence-corrected chi connectivity index (χ4v) is 2.62. The van der Waals surface area contributed by atoms with Gasteiger partial charge in [-0.1, -0.05) is 13.0 Å². The molecule has 30 heavy (non-hydrogen) atoms. The number of amides is 3. The summed E-state index contributed by atoms with van der Waals surface area (Å²) in [7, 11) is 4.32. The highest BCUT2D eigenvalue weighted by Gasteiger charge is 2.19. The Balaban J connectivity index is 2.11. The SMILES string of the molecule is CCC(C)(O)Nc1cccc(NC(=O)NC(=O)c2cc(OC)c(OC)c(OC)c2)c1. The highest BCUT2D eigenvalue weighted by molar-refractivity contribution is 6.08. The number of imide groups is 1. The molecule has 0 spiro atoms. The molecule has 3 amide bonds. The molecular weight excluding hydrogens is 390 g/mol. The number of aliphatic hydroxyl groups is 1. The van der Waals surface area contributed by atoms with Crippen LogP contribution in [0, 0.1) is 0 Å². The van der Waals surface area contributed by atoms with Crippen LogP contribution in [0.2, 0.25) is 0 Å². The van der Waals surface area contributed by atoms with E-state index in [1.54, 1.807) is 31.2 Å². The lowest BCUT2D eigenvalue weighted by Gasteiger charge is -2.24. The first-order chi connectivity index (χ1) is 14.2. The maximum Gasteiger partial charge on any atom is 0.326 e. The number of nitrogens with one attached hydrogen (secondary N) is 3. The molecule has 0 bridgehead atoms. The van der Waals surface area contributed by atoms with Gasteiger partial charge in [-0.3, -0.25) is 10.1 Å². The molecule has 2 aromatic rings. The zero-order valence-electron chi connectivity index (χ0n) is 17.7. The van der Waals surface area contributed by atoms with Crippen LogP contribution in [0.15, 0.2) is 36.4 Å². The molecule has 162 valence electrons. The number of anilines is 2. The summed E-state index contributed by atoms with van der Waals surface area (Å²) in [4.78, 5) is 24.8. The van der Waals surface area contributed by atoms with Crippen LogP contribution in [0.25, 0.3) is 0 Å². The predicted molar refractivity (Wildman–Crippen MR) is 114 cm³/mol. The van der Waals surface area contributed by atoms with Crippen molar-refractivity contribution in [2.75, 3.05) is 32.0 Å². The number of rotatable bonds is 8. The van der Waals surface area contributed by atoms with E-state index in [4.69, 9.17) is 14.2 Å². The highest BCUT2D eigenvalue weighted by Crippen LogP contribution is 2.38. The topological polar surface area (TPSA) is 118 Å². The van der Waals surface area contributed by atoms with E-state index in [1.807, 2.05) is 6.92 Å². The van der Waals surface area contributed by atoms with Gasteiger partial charge in [0, 0.05) is 16.9 Å². The Hall–Kier alpha value is -3.46. The molecule has 2 aromatic carbocycles. The summed E-state index contributed by atoms with van der Waals surface area (Å²) in [5.74, 6) is 0.288. The lowest BCUT2D eigenvalue weighted by Crippen LogP contribution is -2.34. The first-order valence-electron chi connectivity index (χ1n) is 9.26. The summed E-state index contributed by atoms with van der Waals surface area (Å²) >= 11 is 0. The Morgan fingerprint density at radius 1 is 1.00 bits per heavy atom. The lowest BCUT2D eigenvalue weighted by atomic mass is 10.1. The molecule has 0 aliphatic heterocycles. The fourth-order valence-electron chi connectivity index (χ4n) is 2.62. The monoisotopic (exact) mass is 417 g/mol. The zero-order valence-corrected chi connectivity index (χ0v) is 17.7. The van der Waals surface area contributed by atoms with E-state index in [2.05, 4.69) is 16.0 Å². The summed E-state index contributed by atoms with van der Waals surface area (Å²) in [6, 6.07) is 8.96. The summed E-state index contributed by atoms with van der Waals surface area (Å²) in [5, 5.41) is 17.9. The van der Waals surface area contributed by atoms with Gasteiger partial charge in [0.05, 0.1) is 21.3 Å². The normalized spacial score (nSPS) is 12.3. The van der Waals surface area contributed by atoms with Crippen molar-refractivity contribution in [2.45, 2.75) is 26.0 Å². The molecule has 0 aliphatic rings. The fraction of sp³-hybridized carbons (Fsp3) is 0.333. The molecule has 1 atom stereocenters. The molecule has 0 saturated heterocycles. The van der Waals surface area contributed by atoms with E-state index in [0.717, 1.165) is 0 Å². The van der Waals surface area contributed by atoms with Crippen LogP contribution in [0.3, 0.4) is 0 Å². The summed E-state index contributed by atoms with van der Waals surface area (Å²) in [5.41, 5.74) is 0.148. The second-order valence-corrected chi connectivity index (χ2v) is 6.66. The second-order valence-electron chi connectivity index (χ2n) is 6.66. The number of carbonyl (C=O) groups excluding carboxylic acids is 2. The van der Waals surface area contributed by atoms with Gasteiger partial charge in [-0.15, -0.1) is 0 Å². The third-order valence-electron chi connectivity index (χ3n) is 4.38. The molecule has 0 aromatic heterocycles. The Kier molecular flexibility index (Phi) is 7.48. The maximum absolute atomic E-state index is 12.5. The van der Waals surface area contributed by atoms with Gasteiger partial charge in [0.1, 0.15) is 5.72 Å². The molecule has 0 radical (unpaired) electrons. The number of ether oxygens (including phenoxy) is 3. The van der Waals surface area contributed by atoms with Crippen molar-refractivity contribution in [3.63, 3.8) is 0 Å². The van der Waals surface area contributed by atoms with E-state index in [-0.39, 0.29) is 5.56 Å². The van der Waals surface area contributed by atoms with Crippen LogP contribution in [-0.2, 0) is 0 Å². The van der Waals surface area contributed by atoms with Crippen LogP contribution in [-0.4, -0.2) is 44.1 Å². The van der Waals surface area contributed by atoms with E-state index >= 15 is 0 Å². The zero-order chi connectivity index (χ0) is 22.3. The first kappa shape index (κ1) is 22.8. The first-order valence-corrected chi connectivity index (χ1v) is 9.26. The standard InChI is InChI=1S/C21H27N3O6/c1-6-21(2,27)24-15-9-7-8-14(12-15)22-20(26)23-19(25)13-10-16(28-3)18(30-5)17(11-13)29-4/h7-12,24,27H,6H2,1-5H3,(H2,22,23,25,26). The Morgan fingerprint density at radius 2 is 1.60 bits per heavy atom. The van der Waals surface area contributed by atoms with Crippen LogP contribution < -0.4 is 30.2 Å².